The van der Waals surface area contributed by atoms with E-state index in [1.165, 1.54) is 6.33 Å². The maximum absolute atomic E-state index is 11.8. The van der Waals surface area contributed by atoms with Gasteiger partial charge < -0.3 is 10.1 Å². The van der Waals surface area contributed by atoms with Crippen LogP contribution in [0.4, 0.5) is 5.69 Å². The van der Waals surface area contributed by atoms with Gasteiger partial charge in [0, 0.05) is 12.7 Å². The molecule has 1 N–H and O–H groups in total. The maximum atomic E-state index is 11.8. The molecule has 6 heteroatoms. The first kappa shape index (κ1) is 15.0. The van der Waals surface area contributed by atoms with Crippen LogP contribution >= 0.6 is 0 Å². The van der Waals surface area contributed by atoms with E-state index in [-0.39, 0.29) is 5.97 Å². The monoisotopic (exact) mass is 288 g/mol. The zero-order valence-corrected chi connectivity index (χ0v) is 12.4. The Bertz CT molecular complexity index is 578. The van der Waals surface area contributed by atoms with E-state index in [0.717, 1.165) is 24.4 Å². The first-order valence-electron chi connectivity index (χ1n) is 7.04. The highest BCUT2D eigenvalue weighted by molar-refractivity contribution is 5.89. The number of carbonyl (C=O) groups is 1. The number of carbonyl (C=O) groups excluding carboxylic acids is 1. The zero-order valence-electron chi connectivity index (χ0n) is 12.4. The Kier molecular flexibility index (Phi) is 5.31. The Morgan fingerprint density at radius 2 is 2.10 bits per heavy atom. The van der Waals surface area contributed by atoms with Crippen molar-refractivity contribution in [3.05, 3.63) is 42.0 Å². The number of nitrogens with one attached hydrogen (secondary N) is 1. The molecule has 112 valence electrons. The van der Waals surface area contributed by atoms with Gasteiger partial charge in [0.1, 0.15) is 12.2 Å². The summed E-state index contributed by atoms with van der Waals surface area (Å²) in [6.45, 7) is 3.11. The molecule has 2 rings (SSSR count). The molecule has 0 saturated carbocycles. The second-order valence-electron chi connectivity index (χ2n) is 4.72. The number of aromatic nitrogens is 3. The summed E-state index contributed by atoms with van der Waals surface area (Å²) in [6, 6.07) is 7.22. The largest absolute Gasteiger partial charge is 0.462 e. The van der Waals surface area contributed by atoms with E-state index in [1.54, 1.807) is 16.8 Å². The summed E-state index contributed by atoms with van der Waals surface area (Å²) < 4.78 is 6.88. The quantitative estimate of drug-likeness (QED) is 0.626. The van der Waals surface area contributed by atoms with Gasteiger partial charge in [0.2, 0.25) is 0 Å². The van der Waals surface area contributed by atoms with Crippen LogP contribution in [0.3, 0.4) is 0 Å². The molecular weight excluding hydrogens is 268 g/mol. The molecule has 0 bridgehead atoms. The van der Waals surface area contributed by atoms with E-state index < -0.39 is 0 Å². The molecule has 21 heavy (non-hydrogen) atoms. The van der Waals surface area contributed by atoms with Crippen LogP contribution in [-0.4, -0.2) is 27.3 Å². The lowest BCUT2D eigenvalue weighted by Gasteiger charge is -2.07. The third-order valence-corrected chi connectivity index (χ3v) is 3.11. The third kappa shape index (κ3) is 4.30. The van der Waals surface area contributed by atoms with Gasteiger partial charge in [-0.3, -0.25) is 4.68 Å². The van der Waals surface area contributed by atoms with Gasteiger partial charge in [-0.2, -0.15) is 5.10 Å². The van der Waals surface area contributed by atoms with Crippen molar-refractivity contribution in [2.45, 2.75) is 26.3 Å². The number of benzene rings is 1. The molecule has 0 unspecified atom stereocenters. The third-order valence-electron chi connectivity index (χ3n) is 3.11. The van der Waals surface area contributed by atoms with Crippen LogP contribution in [0.1, 0.15) is 35.9 Å². The Labute approximate surface area is 124 Å². The highest BCUT2D eigenvalue weighted by Crippen LogP contribution is 2.11. The number of hydrogen-bond acceptors (Lipinski definition) is 5. The number of nitrogens with zero attached hydrogens (tertiary/aromatic N) is 3. The fourth-order valence-electron chi connectivity index (χ4n) is 1.78. The van der Waals surface area contributed by atoms with Crippen LogP contribution in [-0.2, 0) is 18.3 Å². The van der Waals surface area contributed by atoms with E-state index in [2.05, 4.69) is 22.3 Å². The van der Waals surface area contributed by atoms with Gasteiger partial charge in [-0.15, -0.1) is 0 Å². The molecule has 0 saturated heterocycles. The second-order valence-corrected chi connectivity index (χ2v) is 4.72. The minimum atomic E-state index is -0.275. The van der Waals surface area contributed by atoms with E-state index in [1.807, 2.05) is 19.2 Å². The van der Waals surface area contributed by atoms with Gasteiger partial charge >= 0.3 is 5.97 Å². The number of aryl methyl sites for hydroxylation is 1. The molecule has 1 aromatic heterocycles. The number of anilines is 1. The van der Waals surface area contributed by atoms with Crippen LogP contribution < -0.4 is 5.32 Å². The number of hydrogen-bond donors (Lipinski definition) is 1. The fourth-order valence-corrected chi connectivity index (χ4v) is 1.78. The summed E-state index contributed by atoms with van der Waals surface area (Å²) in [6.07, 6.45) is 3.42. The summed E-state index contributed by atoms with van der Waals surface area (Å²) in [5, 5.41) is 7.24. The van der Waals surface area contributed by atoms with Crippen molar-refractivity contribution in [3.8, 4) is 0 Å². The first-order chi connectivity index (χ1) is 10.2. The Balaban J connectivity index is 1.87. The van der Waals surface area contributed by atoms with Crippen LogP contribution in [0.5, 0.6) is 0 Å². The van der Waals surface area contributed by atoms with E-state index in [0.29, 0.717) is 18.7 Å². The second kappa shape index (κ2) is 7.42. The maximum Gasteiger partial charge on any atom is 0.338 e. The molecule has 0 spiro atoms. The topological polar surface area (TPSA) is 69.0 Å². The lowest BCUT2D eigenvalue weighted by molar-refractivity contribution is 0.0500. The molecule has 0 radical (unpaired) electrons. The average molecular weight is 288 g/mol. The van der Waals surface area contributed by atoms with Gasteiger partial charge in [-0.05, 0) is 30.7 Å². The SMILES string of the molecule is CCCCOC(=O)c1ccc(NCc2ncnn2C)cc1. The Hall–Kier alpha value is -2.37. The smallest absolute Gasteiger partial charge is 0.338 e. The predicted molar refractivity (Wildman–Crippen MR) is 80.0 cm³/mol. The summed E-state index contributed by atoms with van der Waals surface area (Å²) in [7, 11) is 1.85. The van der Waals surface area contributed by atoms with Crippen molar-refractivity contribution in [2.75, 3.05) is 11.9 Å². The molecule has 0 aliphatic rings. The van der Waals surface area contributed by atoms with Crippen molar-refractivity contribution in [1.29, 1.82) is 0 Å². The summed E-state index contributed by atoms with van der Waals surface area (Å²) in [4.78, 5) is 15.9. The Morgan fingerprint density at radius 3 is 2.71 bits per heavy atom. The van der Waals surface area contributed by atoms with Gasteiger partial charge in [0.15, 0.2) is 0 Å². The van der Waals surface area contributed by atoms with Crippen LogP contribution in [0.25, 0.3) is 0 Å². The lowest BCUT2D eigenvalue weighted by Crippen LogP contribution is -2.08. The van der Waals surface area contributed by atoms with Crippen molar-refractivity contribution in [2.24, 2.45) is 7.05 Å². The number of rotatable bonds is 7. The molecule has 0 fully saturated rings. The van der Waals surface area contributed by atoms with Crippen molar-refractivity contribution in [3.63, 3.8) is 0 Å². The van der Waals surface area contributed by atoms with Crippen molar-refractivity contribution < 1.29 is 9.53 Å². The average Bonchev–Trinajstić information content (AvgIpc) is 2.91. The summed E-state index contributed by atoms with van der Waals surface area (Å²) in [5.41, 5.74) is 1.48. The number of unbranched alkanes of at least 4 members (excludes halogenated alkanes) is 1. The molecule has 0 aliphatic carbocycles. The summed E-state index contributed by atoms with van der Waals surface area (Å²) >= 11 is 0. The zero-order chi connectivity index (χ0) is 15.1. The Morgan fingerprint density at radius 1 is 1.33 bits per heavy atom. The minimum absolute atomic E-state index is 0.275. The normalized spacial score (nSPS) is 10.4. The molecule has 0 atom stereocenters. The van der Waals surface area contributed by atoms with Gasteiger partial charge in [0.05, 0.1) is 18.7 Å². The van der Waals surface area contributed by atoms with Crippen LogP contribution in [0.15, 0.2) is 30.6 Å². The lowest BCUT2D eigenvalue weighted by atomic mass is 10.2. The van der Waals surface area contributed by atoms with E-state index in [4.69, 9.17) is 4.74 Å². The van der Waals surface area contributed by atoms with Gasteiger partial charge in [0.25, 0.3) is 0 Å². The molecular formula is C15H20N4O2. The molecule has 1 aromatic carbocycles. The van der Waals surface area contributed by atoms with Crippen molar-refractivity contribution in [1.82, 2.24) is 14.8 Å². The van der Waals surface area contributed by atoms with Gasteiger partial charge in [-0.25, -0.2) is 9.78 Å². The molecule has 2 aromatic rings. The molecule has 0 amide bonds. The van der Waals surface area contributed by atoms with E-state index in [9.17, 15) is 4.79 Å². The molecule has 0 aliphatic heterocycles. The van der Waals surface area contributed by atoms with E-state index >= 15 is 0 Å². The van der Waals surface area contributed by atoms with Crippen molar-refractivity contribution >= 4 is 11.7 Å². The fraction of sp³-hybridized carbons (Fsp3) is 0.400. The van der Waals surface area contributed by atoms with Crippen LogP contribution in [0.2, 0.25) is 0 Å². The minimum Gasteiger partial charge on any atom is -0.462 e. The highest BCUT2D eigenvalue weighted by Gasteiger charge is 2.06. The van der Waals surface area contributed by atoms with Crippen LogP contribution in [0, 0.1) is 0 Å². The highest BCUT2D eigenvalue weighted by atomic mass is 16.5. The number of ether oxygens (including phenoxy) is 1. The predicted octanol–water partition coefficient (Wildman–Crippen LogP) is 2.38. The standard InChI is InChI=1S/C15H20N4O2/c1-3-4-9-21-15(20)12-5-7-13(8-6-12)16-10-14-17-11-18-19(14)2/h5-8,11,16H,3-4,9-10H2,1-2H3. The molecule has 1 heterocycles. The molecule has 6 nitrogen and oxygen atoms in total. The summed E-state index contributed by atoms with van der Waals surface area (Å²) in [5.74, 6) is 0.571. The number of esters is 1. The van der Waals surface area contributed by atoms with Gasteiger partial charge in [-0.1, -0.05) is 13.3 Å². The first-order valence-corrected chi connectivity index (χ1v) is 7.04.